The maximum atomic E-state index is 12.1. The van der Waals surface area contributed by atoms with Gasteiger partial charge in [-0.25, -0.2) is 0 Å². The lowest BCUT2D eigenvalue weighted by atomic mass is 9.58. The summed E-state index contributed by atoms with van der Waals surface area (Å²) in [7, 11) is 0. The molecule has 7 nitrogen and oxygen atoms in total. The summed E-state index contributed by atoms with van der Waals surface area (Å²) in [4.78, 5) is 35.6. The van der Waals surface area contributed by atoms with E-state index in [0.717, 1.165) is 44.1 Å². The van der Waals surface area contributed by atoms with E-state index in [9.17, 15) is 14.4 Å². The van der Waals surface area contributed by atoms with Crippen LogP contribution in [0.5, 0.6) is 11.5 Å². The highest BCUT2D eigenvalue weighted by molar-refractivity contribution is 5.74. The number of hydrogen-bond donors (Lipinski definition) is 1. The fraction of sp³-hybridized carbons (Fsp3) is 0.667. The molecule has 1 amide bonds. The molecule has 0 aliphatic heterocycles. The first kappa shape index (κ1) is 24.6. The molecule has 7 heteroatoms. The molecule has 0 heterocycles. The maximum absolute atomic E-state index is 12.1. The Kier molecular flexibility index (Phi) is 6.92. The van der Waals surface area contributed by atoms with Gasteiger partial charge in [0, 0.05) is 26.2 Å². The van der Waals surface area contributed by atoms with Crippen molar-refractivity contribution in [3.05, 3.63) is 23.3 Å². The lowest BCUT2D eigenvalue weighted by molar-refractivity contribution is -0.154. The van der Waals surface area contributed by atoms with Gasteiger partial charge in [0.05, 0.1) is 12.6 Å². The molecule has 3 aliphatic carbocycles. The van der Waals surface area contributed by atoms with Crippen molar-refractivity contribution in [1.82, 2.24) is 5.32 Å². The second-order valence-corrected chi connectivity index (χ2v) is 10.4. The number of amides is 1. The van der Waals surface area contributed by atoms with Crippen molar-refractivity contribution in [3.8, 4) is 11.5 Å². The summed E-state index contributed by atoms with van der Waals surface area (Å²) >= 11 is 0. The monoisotopic (exact) mass is 471 g/mol. The van der Waals surface area contributed by atoms with Crippen LogP contribution >= 0.6 is 0 Å². The third-order valence-electron chi connectivity index (χ3n) is 8.30. The van der Waals surface area contributed by atoms with Crippen LogP contribution in [0.4, 0.5) is 0 Å². The smallest absolute Gasteiger partial charge is 0.308 e. The summed E-state index contributed by atoms with van der Waals surface area (Å²) in [5.74, 6) is 1.46. The number of rotatable bonds is 5. The normalized spacial score (nSPS) is 31.9. The highest BCUT2D eigenvalue weighted by Gasteiger charge is 2.56. The molecule has 1 aromatic carbocycles. The molecule has 0 aromatic heterocycles. The number of carbonyl (C=O) groups excluding carboxylic acids is 3. The standard InChI is InChI=1S/C27H37NO6/c1-6-32-24-13-20-18-11-12-27(5)22(8-10-26(27)34-17(4)31)19(18)7-9-23(28-15(2)29)21(20)14-25(24)33-16(3)30/h13-14,18-19,22-23,26H,6-12H2,1-5H3,(H,28,29)/t18?,19?,22?,23-,26-,27-/m0/s1. The second kappa shape index (κ2) is 9.59. The Morgan fingerprint density at radius 2 is 1.71 bits per heavy atom. The first-order valence-corrected chi connectivity index (χ1v) is 12.6. The number of ether oxygens (including phenoxy) is 3. The minimum atomic E-state index is -0.403. The summed E-state index contributed by atoms with van der Waals surface area (Å²) < 4.78 is 17.2. The molecule has 34 heavy (non-hydrogen) atoms. The Labute approximate surface area is 201 Å². The Bertz CT molecular complexity index is 974. The van der Waals surface area contributed by atoms with E-state index in [1.54, 1.807) is 0 Å². The number of fused-ring (bicyclic) bond motifs is 5. The lowest BCUT2D eigenvalue weighted by Crippen LogP contribution is -2.43. The maximum Gasteiger partial charge on any atom is 0.308 e. The lowest BCUT2D eigenvalue weighted by Gasteiger charge is -2.48. The number of nitrogens with one attached hydrogen (secondary N) is 1. The molecule has 3 aliphatic rings. The van der Waals surface area contributed by atoms with Crippen molar-refractivity contribution in [3.63, 3.8) is 0 Å². The largest absolute Gasteiger partial charge is 0.490 e. The van der Waals surface area contributed by atoms with E-state index in [2.05, 4.69) is 12.2 Å². The van der Waals surface area contributed by atoms with Gasteiger partial charge < -0.3 is 19.5 Å². The topological polar surface area (TPSA) is 90.9 Å². The second-order valence-electron chi connectivity index (χ2n) is 10.4. The van der Waals surface area contributed by atoms with Gasteiger partial charge in [-0.3, -0.25) is 14.4 Å². The molecule has 3 unspecified atom stereocenters. The fourth-order valence-electron chi connectivity index (χ4n) is 7.05. The molecule has 2 fully saturated rings. The first-order valence-electron chi connectivity index (χ1n) is 12.6. The average molecular weight is 472 g/mol. The van der Waals surface area contributed by atoms with Crippen LogP contribution in [-0.2, 0) is 19.1 Å². The van der Waals surface area contributed by atoms with E-state index in [1.165, 1.54) is 26.3 Å². The van der Waals surface area contributed by atoms with Gasteiger partial charge in [0.2, 0.25) is 5.91 Å². The molecular weight excluding hydrogens is 434 g/mol. The first-order chi connectivity index (χ1) is 16.1. The summed E-state index contributed by atoms with van der Waals surface area (Å²) in [6.07, 6.45) is 5.66. The number of hydrogen-bond acceptors (Lipinski definition) is 6. The third kappa shape index (κ3) is 4.53. The Morgan fingerprint density at radius 3 is 2.35 bits per heavy atom. The van der Waals surface area contributed by atoms with E-state index in [0.29, 0.717) is 35.9 Å². The van der Waals surface area contributed by atoms with Gasteiger partial charge in [-0.05, 0) is 86.5 Å². The van der Waals surface area contributed by atoms with Crippen molar-refractivity contribution in [1.29, 1.82) is 0 Å². The van der Waals surface area contributed by atoms with Crippen LogP contribution < -0.4 is 14.8 Å². The van der Waals surface area contributed by atoms with Crippen LogP contribution in [0, 0.1) is 17.3 Å². The number of carbonyl (C=O) groups is 3. The average Bonchev–Trinajstić information content (AvgIpc) is 2.99. The van der Waals surface area contributed by atoms with Gasteiger partial charge in [0.25, 0.3) is 0 Å². The minimum Gasteiger partial charge on any atom is -0.490 e. The molecule has 186 valence electrons. The van der Waals surface area contributed by atoms with Crippen molar-refractivity contribution in [2.75, 3.05) is 6.61 Å². The quantitative estimate of drug-likeness (QED) is 0.489. The molecule has 2 saturated carbocycles. The van der Waals surface area contributed by atoms with E-state index in [-0.39, 0.29) is 29.4 Å². The zero-order valence-electron chi connectivity index (χ0n) is 20.9. The highest BCUT2D eigenvalue weighted by atomic mass is 16.6. The Balaban J connectivity index is 1.77. The van der Waals surface area contributed by atoms with Gasteiger partial charge in [0.15, 0.2) is 11.5 Å². The molecule has 0 radical (unpaired) electrons. The molecule has 4 rings (SSSR count). The number of esters is 2. The molecule has 0 spiro atoms. The molecule has 0 bridgehead atoms. The van der Waals surface area contributed by atoms with Crippen LogP contribution in [0.2, 0.25) is 0 Å². The number of benzene rings is 1. The van der Waals surface area contributed by atoms with Crippen molar-refractivity contribution in [2.45, 2.75) is 91.2 Å². The fourth-order valence-corrected chi connectivity index (χ4v) is 7.05. The van der Waals surface area contributed by atoms with Crippen LogP contribution in [0.15, 0.2) is 12.1 Å². The molecule has 0 saturated heterocycles. The summed E-state index contributed by atoms with van der Waals surface area (Å²) in [6.45, 7) is 9.08. The van der Waals surface area contributed by atoms with E-state index < -0.39 is 5.97 Å². The summed E-state index contributed by atoms with van der Waals surface area (Å²) in [5.41, 5.74) is 2.17. The van der Waals surface area contributed by atoms with Crippen LogP contribution in [0.1, 0.15) is 96.2 Å². The van der Waals surface area contributed by atoms with Gasteiger partial charge >= 0.3 is 11.9 Å². The predicted molar refractivity (Wildman–Crippen MR) is 127 cm³/mol. The molecule has 6 atom stereocenters. The van der Waals surface area contributed by atoms with Gasteiger partial charge in [-0.15, -0.1) is 0 Å². The third-order valence-corrected chi connectivity index (χ3v) is 8.30. The highest BCUT2D eigenvalue weighted by Crippen LogP contribution is 2.62. The zero-order chi connectivity index (χ0) is 24.6. The molecule has 1 aromatic rings. The molecule has 1 N–H and O–H groups in total. The van der Waals surface area contributed by atoms with Gasteiger partial charge in [0.1, 0.15) is 6.10 Å². The van der Waals surface area contributed by atoms with Gasteiger partial charge in [-0.1, -0.05) is 6.92 Å². The molecular formula is C27H37NO6. The Morgan fingerprint density at radius 1 is 0.971 bits per heavy atom. The van der Waals surface area contributed by atoms with E-state index in [4.69, 9.17) is 14.2 Å². The van der Waals surface area contributed by atoms with Crippen molar-refractivity contribution < 1.29 is 28.6 Å². The van der Waals surface area contributed by atoms with Crippen molar-refractivity contribution >= 4 is 17.8 Å². The van der Waals surface area contributed by atoms with E-state index in [1.807, 2.05) is 19.1 Å². The van der Waals surface area contributed by atoms with E-state index >= 15 is 0 Å². The SMILES string of the molecule is CCOc1cc2c(cc1OC(C)=O)[C@@H](NC(C)=O)CCC1C2CC[C@@]2(C)C1CC[C@@H]2OC(C)=O. The summed E-state index contributed by atoms with van der Waals surface area (Å²) in [5, 5.41) is 3.13. The Hall–Kier alpha value is -2.57. The summed E-state index contributed by atoms with van der Waals surface area (Å²) in [6, 6.07) is 3.78. The predicted octanol–water partition coefficient (Wildman–Crippen LogP) is 4.82. The van der Waals surface area contributed by atoms with Gasteiger partial charge in [-0.2, -0.15) is 0 Å². The van der Waals surface area contributed by atoms with Crippen molar-refractivity contribution in [2.24, 2.45) is 17.3 Å². The zero-order valence-corrected chi connectivity index (χ0v) is 20.9. The minimum absolute atomic E-state index is 0.0265. The van der Waals surface area contributed by atoms with Crippen LogP contribution in [-0.4, -0.2) is 30.6 Å². The van der Waals surface area contributed by atoms with Crippen LogP contribution in [0.25, 0.3) is 0 Å². The van der Waals surface area contributed by atoms with Crippen LogP contribution in [0.3, 0.4) is 0 Å².